The maximum absolute atomic E-state index is 13.8. The highest BCUT2D eigenvalue weighted by Crippen LogP contribution is 2.41. The number of carbonyl (C=O) groups is 2. The van der Waals surface area contributed by atoms with E-state index in [1.807, 2.05) is 4.90 Å². The largest absolute Gasteiger partial charge is 0.444 e. The first-order valence-electron chi connectivity index (χ1n) is 14.5. The van der Waals surface area contributed by atoms with E-state index >= 15 is 0 Å². The van der Waals surface area contributed by atoms with Crippen molar-refractivity contribution >= 4 is 12.0 Å². The second-order valence-corrected chi connectivity index (χ2v) is 12.1. The predicted molar refractivity (Wildman–Crippen MR) is 150 cm³/mol. The van der Waals surface area contributed by atoms with Crippen LogP contribution in [-0.2, 0) is 22.5 Å². The summed E-state index contributed by atoms with van der Waals surface area (Å²) in [5, 5.41) is 24.1. The molecule has 5 atom stereocenters. The van der Waals surface area contributed by atoms with E-state index in [4.69, 9.17) is 10.6 Å². The molecule has 1 aromatic carbocycles. The van der Waals surface area contributed by atoms with Gasteiger partial charge in [-0.1, -0.05) is 25.1 Å². The summed E-state index contributed by atoms with van der Waals surface area (Å²) < 4.78 is 5.47. The quantitative estimate of drug-likeness (QED) is 0.280. The summed E-state index contributed by atoms with van der Waals surface area (Å²) in [7, 11) is 0. The zero-order chi connectivity index (χ0) is 29.0. The van der Waals surface area contributed by atoms with E-state index in [0.29, 0.717) is 26.1 Å². The highest BCUT2D eigenvalue weighted by atomic mass is 16.6. The summed E-state index contributed by atoms with van der Waals surface area (Å²) in [5.74, 6) is 5.20. The summed E-state index contributed by atoms with van der Waals surface area (Å²) >= 11 is 0. The Hall–Kier alpha value is -2.75. The van der Waals surface area contributed by atoms with Crippen molar-refractivity contribution in [3.63, 3.8) is 0 Å². The molecule has 11 heteroatoms. The Bertz CT molecular complexity index is 1100. The lowest BCUT2D eigenvalue weighted by atomic mass is 10.0. The van der Waals surface area contributed by atoms with Crippen molar-refractivity contribution < 1.29 is 19.4 Å². The smallest absolute Gasteiger partial charge is 0.408 e. The van der Waals surface area contributed by atoms with Gasteiger partial charge in [-0.05, 0) is 76.0 Å². The van der Waals surface area contributed by atoms with E-state index in [1.165, 1.54) is 11.1 Å². The average Bonchev–Trinajstić information content (AvgIpc) is 3.46. The van der Waals surface area contributed by atoms with Crippen LogP contribution in [0.4, 0.5) is 4.79 Å². The van der Waals surface area contributed by atoms with Gasteiger partial charge in [-0.3, -0.25) is 25.9 Å². The Labute approximate surface area is 237 Å². The molecular formula is C29H45N7O4. The van der Waals surface area contributed by atoms with Gasteiger partial charge in [-0.15, -0.1) is 0 Å². The van der Waals surface area contributed by atoms with E-state index in [-0.39, 0.29) is 24.5 Å². The van der Waals surface area contributed by atoms with Crippen LogP contribution in [0.2, 0.25) is 0 Å². The van der Waals surface area contributed by atoms with Crippen LogP contribution in [-0.4, -0.2) is 81.5 Å². The van der Waals surface area contributed by atoms with Crippen LogP contribution >= 0.6 is 0 Å². The molecule has 11 nitrogen and oxygen atoms in total. The number of nitriles is 1. The SMILES string of the molecule is CC[C@H]1CN(CC(NC(=O)OC(C)(C)C)C(=O)N2CCCCC2C#N)C(O)N1C1CCc2cc(CNN)ccc21. The van der Waals surface area contributed by atoms with Crippen molar-refractivity contribution in [2.45, 2.75) is 109 Å². The Morgan fingerprint density at radius 1 is 1.27 bits per heavy atom. The molecule has 1 aromatic rings. The number of carbonyl (C=O) groups excluding carboxylic acids is 2. The standard InChI is InChI=1S/C29H45N7O4/c1-5-21-17-34(28(39)36(21)25-12-10-20-14-19(16-32-31)9-11-23(20)25)18-24(33-27(38)40-29(2,3)4)26(37)35-13-7-6-8-22(35)15-30/h9,11,14,21-22,24-25,28,32,39H,5-8,10,12-13,16-18,31H2,1-4H3,(H,33,38)/t21-,22?,24?,25?,28?/m0/s1. The number of fused-ring (bicyclic) bond motifs is 1. The van der Waals surface area contributed by atoms with Crippen LogP contribution in [0.3, 0.4) is 0 Å². The molecule has 2 amide bonds. The molecule has 2 fully saturated rings. The minimum atomic E-state index is -0.960. The molecular weight excluding hydrogens is 510 g/mol. The van der Waals surface area contributed by atoms with Gasteiger partial charge in [0.25, 0.3) is 0 Å². The number of hydrogen-bond acceptors (Lipinski definition) is 9. The van der Waals surface area contributed by atoms with Gasteiger partial charge in [0.05, 0.1) is 6.07 Å². The van der Waals surface area contributed by atoms with E-state index in [0.717, 1.165) is 37.7 Å². The normalized spacial score (nSPS) is 26.3. The van der Waals surface area contributed by atoms with Crippen molar-refractivity contribution in [1.29, 1.82) is 5.26 Å². The van der Waals surface area contributed by atoms with Gasteiger partial charge >= 0.3 is 6.09 Å². The average molecular weight is 556 g/mol. The lowest BCUT2D eigenvalue weighted by Gasteiger charge is -2.37. The van der Waals surface area contributed by atoms with Crippen LogP contribution < -0.4 is 16.6 Å². The molecule has 5 N–H and O–H groups in total. The molecule has 220 valence electrons. The molecule has 4 rings (SSSR count). The van der Waals surface area contributed by atoms with Crippen LogP contribution in [0.25, 0.3) is 0 Å². The van der Waals surface area contributed by atoms with Crippen molar-refractivity contribution in [1.82, 2.24) is 25.4 Å². The van der Waals surface area contributed by atoms with E-state index < -0.39 is 30.1 Å². The first-order valence-corrected chi connectivity index (χ1v) is 14.5. The summed E-state index contributed by atoms with van der Waals surface area (Å²) in [6.07, 6.45) is 3.34. The van der Waals surface area contributed by atoms with Gasteiger partial charge in [0.2, 0.25) is 5.91 Å². The number of nitrogens with zero attached hydrogens (tertiary/aromatic N) is 4. The summed E-state index contributed by atoms with van der Waals surface area (Å²) in [6, 6.07) is 7.28. The predicted octanol–water partition coefficient (Wildman–Crippen LogP) is 2.11. The lowest BCUT2D eigenvalue weighted by Crippen LogP contribution is -2.58. The number of amides is 2. The second kappa shape index (κ2) is 12.8. The maximum Gasteiger partial charge on any atom is 0.408 e. The summed E-state index contributed by atoms with van der Waals surface area (Å²) in [5.41, 5.74) is 5.59. The third kappa shape index (κ3) is 6.75. The van der Waals surface area contributed by atoms with Gasteiger partial charge in [0.15, 0.2) is 6.35 Å². The minimum Gasteiger partial charge on any atom is -0.444 e. The van der Waals surface area contributed by atoms with E-state index in [2.05, 4.69) is 46.8 Å². The van der Waals surface area contributed by atoms with Gasteiger partial charge < -0.3 is 20.1 Å². The van der Waals surface area contributed by atoms with Crippen LogP contribution in [0, 0.1) is 11.3 Å². The number of aliphatic hydroxyl groups excluding tert-OH is 1. The number of nitrogens with one attached hydrogen (secondary N) is 2. The molecule has 40 heavy (non-hydrogen) atoms. The van der Waals surface area contributed by atoms with Crippen molar-refractivity contribution in [2.24, 2.45) is 5.84 Å². The molecule has 2 aliphatic heterocycles. The fraction of sp³-hybridized carbons (Fsp3) is 0.690. The second-order valence-electron chi connectivity index (χ2n) is 12.1. The number of hydrogen-bond donors (Lipinski definition) is 4. The Morgan fingerprint density at radius 2 is 2.05 bits per heavy atom. The minimum absolute atomic E-state index is 0.0536. The first-order chi connectivity index (χ1) is 19.1. The zero-order valence-electron chi connectivity index (χ0n) is 24.2. The number of alkyl carbamates (subject to hydrolysis) is 1. The highest BCUT2D eigenvalue weighted by molar-refractivity contribution is 5.86. The van der Waals surface area contributed by atoms with Gasteiger partial charge in [-0.2, -0.15) is 5.26 Å². The molecule has 0 spiro atoms. The molecule has 3 aliphatic rings. The van der Waals surface area contributed by atoms with Crippen LogP contribution in [0.5, 0.6) is 0 Å². The number of hydrazine groups is 1. The number of benzene rings is 1. The third-order valence-electron chi connectivity index (χ3n) is 8.19. The lowest BCUT2D eigenvalue weighted by molar-refractivity contribution is -0.138. The summed E-state index contributed by atoms with van der Waals surface area (Å²) in [4.78, 5) is 32.2. The molecule has 0 bridgehead atoms. The van der Waals surface area contributed by atoms with Crippen molar-refractivity contribution in [3.8, 4) is 6.07 Å². The maximum atomic E-state index is 13.8. The molecule has 0 saturated carbocycles. The fourth-order valence-corrected chi connectivity index (χ4v) is 6.35. The molecule has 0 radical (unpaired) electrons. The molecule has 1 aliphatic carbocycles. The Kier molecular flexibility index (Phi) is 9.69. The number of aryl methyl sites for hydroxylation is 1. The van der Waals surface area contributed by atoms with Gasteiger partial charge in [0, 0.05) is 38.3 Å². The number of rotatable bonds is 8. The van der Waals surface area contributed by atoms with Crippen LogP contribution in [0.1, 0.15) is 82.5 Å². The number of likely N-dealkylation sites (tertiary alicyclic amines) is 1. The number of aliphatic hydroxyl groups is 1. The van der Waals surface area contributed by atoms with E-state index in [1.54, 1.807) is 25.7 Å². The van der Waals surface area contributed by atoms with Crippen molar-refractivity contribution in [2.75, 3.05) is 19.6 Å². The van der Waals surface area contributed by atoms with E-state index in [9.17, 15) is 20.0 Å². The molecule has 4 unspecified atom stereocenters. The monoisotopic (exact) mass is 555 g/mol. The van der Waals surface area contributed by atoms with Gasteiger partial charge in [-0.25, -0.2) is 4.79 Å². The Morgan fingerprint density at radius 3 is 2.73 bits per heavy atom. The first kappa shape index (κ1) is 30.2. The molecule has 0 aromatic heterocycles. The zero-order valence-corrected chi connectivity index (χ0v) is 24.2. The Balaban J connectivity index is 1.55. The summed E-state index contributed by atoms with van der Waals surface area (Å²) in [6.45, 7) is 9.14. The number of ether oxygens (including phenoxy) is 1. The number of piperidine rings is 1. The number of nitrogens with two attached hydrogens (primary N) is 1. The van der Waals surface area contributed by atoms with Crippen molar-refractivity contribution in [3.05, 3.63) is 34.9 Å². The van der Waals surface area contributed by atoms with Crippen LogP contribution in [0.15, 0.2) is 18.2 Å². The molecule has 2 heterocycles. The highest BCUT2D eigenvalue weighted by Gasteiger charge is 2.45. The third-order valence-corrected chi connectivity index (χ3v) is 8.19. The van der Waals surface area contributed by atoms with Gasteiger partial charge in [0.1, 0.15) is 17.7 Å². The topological polar surface area (TPSA) is 147 Å². The fourth-order valence-electron chi connectivity index (χ4n) is 6.35. The molecule has 2 saturated heterocycles.